The van der Waals surface area contributed by atoms with E-state index in [0.29, 0.717) is 10.7 Å². The number of thioether (sulfide) groups is 1. The van der Waals surface area contributed by atoms with Crippen molar-refractivity contribution in [3.63, 3.8) is 0 Å². The van der Waals surface area contributed by atoms with Crippen molar-refractivity contribution in [1.82, 2.24) is 19.9 Å². The van der Waals surface area contributed by atoms with Gasteiger partial charge in [-0.15, -0.1) is 23.1 Å². The minimum Gasteiger partial charge on any atom is -0.382 e. The van der Waals surface area contributed by atoms with E-state index in [4.69, 9.17) is 15.8 Å². The Balaban J connectivity index is 1.86. The first-order chi connectivity index (χ1) is 13.0. The Morgan fingerprint density at radius 2 is 2.19 bits per heavy atom. The molecule has 3 heterocycles. The maximum absolute atomic E-state index is 9.11. The molecule has 3 rings (SSSR count). The molecule has 0 saturated heterocycles. The molecule has 2 N–H and O–H groups in total. The van der Waals surface area contributed by atoms with Crippen molar-refractivity contribution >= 4 is 34.6 Å². The highest BCUT2D eigenvalue weighted by atomic mass is 32.2. The molecule has 3 aromatic heterocycles. The monoisotopic (exact) mass is 397 g/mol. The largest absolute Gasteiger partial charge is 0.382 e. The predicted molar refractivity (Wildman–Crippen MR) is 106 cm³/mol. The number of aryl methyl sites for hydroxylation is 1. The maximum atomic E-state index is 9.11. The smallest absolute Gasteiger partial charge is 0.348 e. The fourth-order valence-electron chi connectivity index (χ4n) is 2.23. The van der Waals surface area contributed by atoms with E-state index in [1.54, 1.807) is 18.6 Å². The Morgan fingerprint density at radius 3 is 2.85 bits per heavy atom. The molecule has 0 atom stereocenters. The lowest BCUT2D eigenvalue weighted by atomic mass is 10.3. The summed E-state index contributed by atoms with van der Waals surface area (Å²) in [4.78, 5) is 23.1. The van der Waals surface area contributed by atoms with E-state index in [1.807, 2.05) is 32.0 Å². The summed E-state index contributed by atoms with van der Waals surface area (Å²) in [6, 6.07) is 5.80. The molecule has 136 valence electrons. The average molecular weight is 397 g/mol. The molecule has 0 aliphatic heterocycles. The van der Waals surface area contributed by atoms with Crippen molar-refractivity contribution in [2.45, 2.75) is 18.9 Å². The van der Waals surface area contributed by atoms with Crippen LogP contribution in [-0.4, -0.2) is 31.9 Å². The van der Waals surface area contributed by atoms with Gasteiger partial charge in [0.1, 0.15) is 27.5 Å². The lowest BCUT2D eigenvalue weighted by Gasteiger charge is -2.04. The molecule has 3 aromatic rings. The molecule has 0 saturated carbocycles. The Labute approximate surface area is 164 Å². The van der Waals surface area contributed by atoms with Crippen LogP contribution >= 0.6 is 23.1 Å². The number of nitrogens with two attached hydrogens (primary N) is 1. The van der Waals surface area contributed by atoms with Crippen LogP contribution in [0.3, 0.4) is 0 Å². The summed E-state index contributed by atoms with van der Waals surface area (Å²) < 4.78 is 0. The molecule has 0 aliphatic rings. The summed E-state index contributed by atoms with van der Waals surface area (Å²) in [6.07, 6.45) is 5.28. The topological polar surface area (TPSA) is 123 Å². The Morgan fingerprint density at radius 1 is 1.37 bits per heavy atom. The van der Waals surface area contributed by atoms with Gasteiger partial charge in [0.25, 0.3) is 0 Å². The van der Waals surface area contributed by atoms with Gasteiger partial charge in [0.15, 0.2) is 0 Å². The molecule has 0 unspecified atom stereocenters. The number of hydrogen-bond donors (Lipinski definition) is 1. The molecule has 8 nitrogen and oxygen atoms in total. The highest BCUT2D eigenvalue weighted by Gasteiger charge is 2.15. The average Bonchev–Trinajstić information content (AvgIpc) is 3.08. The zero-order chi connectivity index (χ0) is 19.4. The van der Waals surface area contributed by atoms with E-state index in [1.165, 1.54) is 23.1 Å². The van der Waals surface area contributed by atoms with Crippen LogP contribution in [0.5, 0.6) is 6.01 Å². The van der Waals surface area contributed by atoms with Crippen molar-refractivity contribution in [3.05, 3.63) is 40.7 Å². The SMILES string of the molecule is CSc1nc(ON=C(C)c2sc(-c3cccnc3)nc2C)nc(N)c1C#N. The predicted octanol–water partition coefficient (Wildman–Crippen LogP) is 3.28. The van der Waals surface area contributed by atoms with E-state index < -0.39 is 0 Å². The van der Waals surface area contributed by atoms with Crippen molar-refractivity contribution in [1.29, 1.82) is 5.26 Å². The Hall–Kier alpha value is -3.03. The molecule has 10 heteroatoms. The standard InChI is InChI=1S/C17H15N7OS2/c1-9-13(27-15(21-9)11-5-4-6-20-8-11)10(2)24-25-17-22-14(19)12(7-18)16(23-17)26-3/h4-6,8H,1-3H3,(H2,19,22,23). The molecule has 0 aromatic carbocycles. The van der Waals surface area contributed by atoms with Gasteiger partial charge >= 0.3 is 6.01 Å². The van der Waals surface area contributed by atoms with Crippen LogP contribution in [0, 0.1) is 18.3 Å². The number of nitrogens with zero attached hydrogens (tertiary/aromatic N) is 6. The van der Waals surface area contributed by atoms with Crippen LogP contribution < -0.4 is 10.6 Å². The fourth-order valence-corrected chi connectivity index (χ4v) is 3.74. The minimum atomic E-state index is -0.00940. The second-order valence-electron chi connectivity index (χ2n) is 5.33. The third-order valence-corrected chi connectivity index (χ3v) is 5.48. The first-order valence-electron chi connectivity index (χ1n) is 7.75. The molecule has 0 spiro atoms. The maximum Gasteiger partial charge on any atom is 0.348 e. The summed E-state index contributed by atoms with van der Waals surface area (Å²) in [5.41, 5.74) is 8.44. The van der Waals surface area contributed by atoms with Gasteiger partial charge in [-0.3, -0.25) is 4.98 Å². The first kappa shape index (κ1) is 18.8. The zero-order valence-electron chi connectivity index (χ0n) is 14.8. The molecule has 27 heavy (non-hydrogen) atoms. The number of nitrogen functional groups attached to an aromatic ring is 1. The van der Waals surface area contributed by atoms with E-state index in [2.05, 4.69) is 25.1 Å². The Bertz CT molecular complexity index is 1040. The third-order valence-electron chi connectivity index (χ3n) is 3.49. The van der Waals surface area contributed by atoms with Gasteiger partial charge in [0.05, 0.1) is 16.3 Å². The van der Waals surface area contributed by atoms with Crippen LogP contribution in [-0.2, 0) is 0 Å². The number of aromatic nitrogens is 4. The minimum absolute atomic E-state index is 0.00940. The van der Waals surface area contributed by atoms with Crippen LogP contribution in [0.15, 0.2) is 34.7 Å². The van der Waals surface area contributed by atoms with Crippen LogP contribution in [0.25, 0.3) is 10.6 Å². The number of nitriles is 1. The zero-order valence-corrected chi connectivity index (χ0v) is 16.4. The van der Waals surface area contributed by atoms with E-state index in [0.717, 1.165) is 21.1 Å². The van der Waals surface area contributed by atoms with Crippen LogP contribution in [0.1, 0.15) is 23.1 Å². The van der Waals surface area contributed by atoms with Gasteiger partial charge in [-0.05, 0) is 32.2 Å². The van der Waals surface area contributed by atoms with E-state index in [9.17, 15) is 0 Å². The Kier molecular flexibility index (Phi) is 5.63. The van der Waals surface area contributed by atoms with E-state index >= 15 is 0 Å². The first-order valence-corrected chi connectivity index (χ1v) is 9.79. The van der Waals surface area contributed by atoms with Gasteiger partial charge in [0, 0.05) is 18.0 Å². The van der Waals surface area contributed by atoms with Crippen LogP contribution in [0.4, 0.5) is 5.82 Å². The number of rotatable bonds is 5. The molecule has 0 amide bonds. The number of thiazole rings is 1. The number of oxime groups is 1. The third kappa shape index (κ3) is 4.05. The van der Waals surface area contributed by atoms with E-state index in [-0.39, 0.29) is 17.4 Å². The molecule has 0 fully saturated rings. The van der Waals surface area contributed by atoms with Gasteiger partial charge in [-0.25, -0.2) is 4.98 Å². The van der Waals surface area contributed by atoms with Gasteiger partial charge < -0.3 is 10.6 Å². The number of hydrogen-bond acceptors (Lipinski definition) is 10. The molecular formula is C17H15N7OS2. The van der Waals surface area contributed by atoms with Gasteiger partial charge in [-0.2, -0.15) is 15.2 Å². The van der Waals surface area contributed by atoms with Crippen LogP contribution in [0.2, 0.25) is 0 Å². The van der Waals surface area contributed by atoms with Crippen molar-refractivity contribution in [3.8, 4) is 22.7 Å². The second kappa shape index (κ2) is 8.11. The fraction of sp³-hybridized carbons (Fsp3) is 0.176. The molecule has 0 bridgehead atoms. The molecular weight excluding hydrogens is 382 g/mol. The molecule has 0 radical (unpaired) electrons. The molecule has 0 aliphatic carbocycles. The highest BCUT2D eigenvalue weighted by Crippen LogP contribution is 2.28. The summed E-state index contributed by atoms with van der Waals surface area (Å²) in [6.45, 7) is 3.72. The summed E-state index contributed by atoms with van der Waals surface area (Å²) in [5.74, 6) is 0.0625. The van der Waals surface area contributed by atoms with Gasteiger partial charge in [0.2, 0.25) is 0 Å². The normalized spacial score (nSPS) is 11.3. The summed E-state index contributed by atoms with van der Waals surface area (Å²) in [7, 11) is 0. The number of pyridine rings is 1. The quantitative estimate of drug-likeness (QED) is 0.301. The van der Waals surface area contributed by atoms with Crippen molar-refractivity contribution < 1.29 is 4.84 Å². The highest BCUT2D eigenvalue weighted by molar-refractivity contribution is 7.98. The van der Waals surface area contributed by atoms with Crippen molar-refractivity contribution in [2.75, 3.05) is 12.0 Å². The number of anilines is 1. The summed E-state index contributed by atoms with van der Waals surface area (Å²) in [5, 5.41) is 14.5. The summed E-state index contributed by atoms with van der Waals surface area (Å²) >= 11 is 2.78. The lowest BCUT2D eigenvalue weighted by molar-refractivity contribution is 0.310. The lowest BCUT2D eigenvalue weighted by Crippen LogP contribution is -2.04. The van der Waals surface area contributed by atoms with Crippen molar-refractivity contribution in [2.24, 2.45) is 5.16 Å². The second-order valence-corrected chi connectivity index (χ2v) is 7.12. The van der Waals surface area contributed by atoms with Gasteiger partial charge in [-0.1, -0.05) is 5.16 Å².